The van der Waals surface area contributed by atoms with Crippen LogP contribution in [0, 0.1) is 10.1 Å². The van der Waals surface area contributed by atoms with Gasteiger partial charge in [-0.15, -0.1) is 0 Å². The van der Waals surface area contributed by atoms with E-state index in [9.17, 15) is 23.3 Å². The van der Waals surface area contributed by atoms with Crippen LogP contribution >= 0.6 is 0 Å². The Kier molecular flexibility index (Phi) is 6.67. The molecule has 10 nitrogen and oxygen atoms in total. The molecule has 0 saturated heterocycles. The maximum atomic E-state index is 12.5. The minimum absolute atomic E-state index is 0.0127. The molecule has 0 bridgehead atoms. The maximum Gasteiger partial charge on any atom is 0.426 e. The summed E-state index contributed by atoms with van der Waals surface area (Å²) in [5, 5.41) is 11.4. The number of benzene rings is 3. The molecule has 3 N–H and O–H groups in total. The molecule has 3 aromatic carbocycles. The quantitative estimate of drug-likeness (QED) is 0.357. The molecule has 31 heavy (non-hydrogen) atoms. The van der Waals surface area contributed by atoms with Crippen LogP contribution in [0.5, 0.6) is 0 Å². The molecular weight excluding hydrogens is 424 g/mol. The molecule has 160 valence electrons. The third-order valence-electron chi connectivity index (χ3n) is 4.01. The molecule has 0 aromatic heterocycles. The second-order valence-corrected chi connectivity index (χ2v) is 7.90. The van der Waals surface area contributed by atoms with E-state index in [1.54, 1.807) is 54.6 Å². The average molecular weight is 442 g/mol. The summed E-state index contributed by atoms with van der Waals surface area (Å²) in [6.07, 6.45) is -0.861. The van der Waals surface area contributed by atoms with Crippen molar-refractivity contribution in [2.75, 3.05) is 10.1 Å². The molecule has 11 heteroatoms. The number of hydrogen-bond acceptors (Lipinski definition) is 7. The molecule has 0 heterocycles. The third-order valence-corrected chi connectivity index (χ3v) is 5.39. The number of sulfonamides is 1. The average Bonchev–Trinajstić information content (AvgIpc) is 2.77. The van der Waals surface area contributed by atoms with Crippen molar-refractivity contribution >= 4 is 33.2 Å². The number of nitro benzene ring substituents is 1. The number of para-hydroxylation sites is 1. The Balaban J connectivity index is 1.68. The summed E-state index contributed by atoms with van der Waals surface area (Å²) in [5.41, 5.74) is 4.99. The standard InChI is InChI=1S/C20H18N4O6S/c25-20(30-14-15-7-3-1-4-8-15)22-21-18-12-11-17(13-19(18)24(26)27)31(28,29)23-16-9-5-2-6-10-16/h1-13,21,23H,14H2,(H,22,25). The Labute approximate surface area is 178 Å². The Bertz CT molecular complexity index is 1170. The number of nitro groups is 1. The molecule has 3 rings (SSSR count). The van der Waals surface area contributed by atoms with Crippen LogP contribution in [0.3, 0.4) is 0 Å². The van der Waals surface area contributed by atoms with Crippen LogP contribution in [0.1, 0.15) is 5.56 Å². The van der Waals surface area contributed by atoms with Gasteiger partial charge >= 0.3 is 6.09 Å². The summed E-state index contributed by atoms with van der Waals surface area (Å²) >= 11 is 0. The van der Waals surface area contributed by atoms with Crippen LogP contribution in [0.25, 0.3) is 0 Å². The Morgan fingerprint density at radius 3 is 2.26 bits per heavy atom. The summed E-state index contributed by atoms with van der Waals surface area (Å²) in [6.45, 7) is 0.0127. The lowest BCUT2D eigenvalue weighted by molar-refractivity contribution is -0.384. The SMILES string of the molecule is O=C(NNc1ccc(S(=O)(=O)Nc2ccccc2)cc1[N+](=O)[O-])OCc1ccccc1. The zero-order valence-corrected chi connectivity index (χ0v) is 16.8. The van der Waals surface area contributed by atoms with Gasteiger partial charge in [-0.25, -0.2) is 18.6 Å². The zero-order valence-electron chi connectivity index (χ0n) is 16.0. The van der Waals surface area contributed by atoms with Crippen molar-refractivity contribution in [2.24, 2.45) is 0 Å². The lowest BCUT2D eigenvalue weighted by atomic mass is 10.2. The Hall–Kier alpha value is -4.12. The number of hydrogen-bond donors (Lipinski definition) is 3. The van der Waals surface area contributed by atoms with E-state index >= 15 is 0 Å². The van der Waals surface area contributed by atoms with Crippen LogP contribution in [0.4, 0.5) is 21.9 Å². The summed E-state index contributed by atoms with van der Waals surface area (Å²) < 4.78 is 32.4. The second-order valence-electron chi connectivity index (χ2n) is 6.22. The summed E-state index contributed by atoms with van der Waals surface area (Å²) in [4.78, 5) is 22.2. The number of anilines is 2. The van der Waals surface area contributed by atoms with Gasteiger partial charge in [-0.1, -0.05) is 48.5 Å². The minimum atomic E-state index is -4.05. The highest BCUT2D eigenvalue weighted by Gasteiger charge is 2.22. The first-order chi connectivity index (χ1) is 14.8. The van der Waals surface area contributed by atoms with Crippen molar-refractivity contribution in [2.45, 2.75) is 11.5 Å². The molecule has 3 aromatic rings. The van der Waals surface area contributed by atoms with Crippen molar-refractivity contribution in [3.8, 4) is 0 Å². The van der Waals surface area contributed by atoms with Gasteiger partial charge in [0.15, 0.2) is 0 Å². The van der Waals surface area contributed by atoms with Crippen LogP contribution in [0.2, 0.25) is 0 Å². The van der Waals surface area contributed by atoms with Gasteiger partial charge in [0, 0.05) is 11.8 Å². The highest BCUT2D eigenvalue weighted by atomic mass is 32.2. The van der Waals surface area contributed by atoms with E-state index in [1.807, 2.05) is 6.07 Å². The van der Waals surface area contributed by atoms with Crippen molar-refractivity contribution in [1.29, 1.82) is 0 Å². The number of hydrazine groups is 1. The molecule has 0 fully saturated rings. The van der Waals surface area contributed by atoms with Gasteiger partial charge in [-0.2, -0.15) is 0 Å². The van der Waals surface area contributed by atoms with Crippen molar-refractivity contribution in [3.05, 3.63) is 94.5 Å². The Morgan fingerprint density at radius 2 is 1.61 bits per heavy atom. The number of nitrogens with one attached hydrogen (secondary N) is 3. The molecule has 0 aliphatic carbocycles. The summed E-state index contributed by atoms with van der Waals surface area (Å²) in [6, 6.07) is 20.3. The molecule has 0 spiro atoms. The number of rotatable bonds is 8. The highest BCUT2D eigenvalue weighted by Crippen LogP contribution is 2.28. The third kappa shape index (κ3) is 5.93. The molecule has 0 atom stereocenters. The highest BCUT2D eigenvalue weighted by molar-refractivity contribution is 7.92. The number of carbonyl (C=O) groups is 1. The molecule has 1 amide bonds. The van der Waals surface area contributed by atoms with Crippen molar-refractivity contribution < 1.29 is 22.9 Å². The first kappa shape index (κ1) is 21.6. The predicted octanol–water partition coefficient (Wildman–Crippen LogP) is 3.65. The lowest BCUT2D eigenvalue weighted by Gasteiger charge is -2.12. The summed E-state index contributed by atoms with van der Waals surface area (Å²) in [7, 11) is -4.05. The van der Waals surface area contributed by atoms with Crippen LogP contribution < -0.4 is 15.6 Å². The molecule has 0 aliphatic heterocycles. The van der Waals surface area contributed by atoms with E-state index in [0.717, 1.165) is 11.6 Å². The molecule has 0 unspecified atom stereocenters. The molecule has 0 aliphatic rings. The zero-order chi connectivity index (χ0) is 22.3. The fourth-order valence-electron chi connectivity index (χ4n) is 2.53. The topological polar surface area (TPSA) is 140 Å². The van der Waals surface area contributed by atoms with Gasteiger partial charge in [0.1, 0.15) is 12.3 Å². The molecule has 0 saturated carbocycles. The fourth-order valence-corrected chi connectivity index (χ4v) is 3.61. The van der Waals surface area contributed by atoms with E-state index in [2.05, 4.69) is 15.6 Å². The van der Waals surface area contributed by atoms with Gasteiger partial charge in [0.25, 0.3) is 15.7 Å². The van der Waals surface area contributed by atoms with E-state index in [1.165, 1.54) is 12.1 Å². The smallest absolute Gasteiger partial charge is 0.426 e. The first-order valence-corrected chi connectivity index (χ1v) is 10.4. The first-order valence-electron chi connectivity index (χ1n) is 8.94. The van der Waals surface area contributed by atoms with Gasteiger partial charge in [-0.3, -0.25) is 20.3 Å². The fraction of sp³-hybridized carbons (Fsp3) is 0.0500. The van der Waals surface area contributed by atoms with Crippen LogP contribution in [-0.2, 0) is 21.4 Å². The van der Waals surface area contributed by atoms with Crippen molar-refractivity contribution in [3.63, 3.8) is 0 Å². The second kappa shape index (κ2) is 9.59. The van der Waals surface area contributed by atoms with E-state index in [4.69, 9.17) is 4.74 Å². The maximum absolute atomic E-state index is 12.5. The molecule has 0 radical (unpaired) electrons. The molecular formula is C20H18N4O6S. The van der Waals surface area contributed by atoms with Gasteiger partial charge < -0.3 is 4.74 Å². The summed E-state index contributed by atoms with van der Waals surface area (Å²) in [5.74, 6) is 0. The van der Waals surface area contributed by atoms with Gasteiger partial charge in [0.05, 0.1) is 9.82 Å². The van der Waals surface area contributed by atoms with Gasteiger partial charge in [-0.05, 0) is 29.8 Å². The lowest BCUT2D eigenvalue weighted by Crippen LogP contribution is -2.30. The number of carbonyl (C=O) groups excluding carboxylic acids is 1. The van der Waals surface area contributed by atoms with Crippen molar-refractivity contribution in [1.82, 2.24) is 5.43 Å². The number of ether oxygens (including phenoxy) is 1. The predicted molar refractivity (Wildman–Crippen MR) is 114 cm³/mol. The van der Waals surface area contributed by atoms with E-state index < -0.39 is 26.7 Å². The van der Waals surface area contributed by atoms with Crippen LogP contribution in [-0.4, -0.2) is 19.4 Å². The number of amides is 1. The van der Waals surface area contributed by atoms with Crippen LogP contribution in [0.15, 0.2) is 83.8 Å². The Morgan fingerprint density at radius 1 is 0.968 bits per heavy atom. The largest absolute Gasteiger partial charge is 0.443 e. The monoisotopic (exact) mass is 442 g/mol. The van der Waals surface area contributed by atoms with E-state index in [-0.39, 0.29) is 17.2 Å². The minimum Gasteiger partial charge on any atom is -0.443 e. The number of nitrogens with zero attached hydrogens (tertiary/aromatic N) is 1. The van der Waals surface area contributed by atoms with E-state index in [0.29, 0.717) is 5.69 Å². The normalized spacial score (nSPS) is 10.7. The van der Waals surface area contributed by atoms with Gasteiger partial charge in [0.2, 0.25) is 0 Å².